The smallest absolute Gasteiger partial charge is 0.240 e. The Labute approximate surface area is 146 Å². The summed E-state index contributed by atoms with van der Waals surface area (Å²) in [6.07, 6.45) is 1.07. The lowest BCUT2D eigenvalue weighted by molar-refractivity contribution is -0.134. The van der Waals surface area contributed by atoms with E-state index in [0.717, 1.165) is 5.56 Å². The molecular weight excluding hydrogens is 316 g/mol. The number of Topliss-reactive ketones (excluding diaryl/α,β-unsaturated/α-hetero) is 1. The van der Waals surface area contributed by atoms with Gasteiger partial charge in [0.15, 0.2) is 5.78 Å². The van der Waals surface area contributed by atoms with Crippen LogP contribution in [0, 0.1) is 5.41 Å². The molecule has 5 nitrogen and oxygen atoms in total. The van der Waals surface area contributed by atoms with Crippen molar-refractivity contribution in [2.24, 2.45) is 5.41 Å². The predicted molar refractivity (Wildman–Crippen MR) is 95.0 cm³/mol. The fourth-order valence-electron chi connectivity index (χ4n) is 2.70. The summed E-state index contributed by atoms with van der Waals surface area (Å²) in [6, 6.07) is 16.3. The maximum Gasteiger partial charge on any atom is 0.240 e. The molecule has 1 fully saturated rings. The van der Waals surface area contributed by atoms with Gasteiger partial charge in [0.25, 0.3) is 0 Å². The van der Waals surface area contributed by atoms with Gasteiger partial charge in [-0.2, -0.15) is 0 Å². The van der Waals surface area contributed by atoms with Crippen molar-refractivity contribution in [2.75, 3.05) is 5.32 Å². The largest absolute Gasteiger partial charge is 0.351 e. The molecule has 0 aromatic heterocycles. The van der Waals surface area contributed by atoms with Crippen molar-refractivity contribution in [1.82, 2.24) is 5.32 Å². The Kier molecular flexibility index (Phi) is 4.65. The number of benzene rings is 2. The monoisotopic (exact) mass is 336 g/mol. The average Bonchev–Trinajstić information content (AvgIpc) is 3.43. The number of carbonyl (C=O) groups excluding carboxylic acids is 3. The van der Waals surface area contributed by atoms with Crippen molar-refractivity contribution < 1.29 is 14.4 Å². The van der Waals surface area contributed by atoms with Crippen molar-refractivity contribution in [3.05, 3.63) is 65.7 Å². The molecule has 2 aromatic rings. The van der Waals surface area contributed by atoms with Crippen LogP contribution in [0.5, 0.6) is 0 Å². The lowest BCUT2D eigenvalue weighted by Gasteiger charge is -2.16. The van der Waals surface area contributed by atoms with Crippen LogP contribution in [0.1, 0.15) is 35.7 Å². The molecule has 25 heavy (non-hydrogen) atoms. The summed E-state index contributed by atoms with van der Waals surface area (Å²) in [4.78, 5) is 36.5. The normalized spacial score (nSPS) is 14.4. The zero-order chi connectivity index (χ0) is 17.9. The predicted octanol–water partition coefficient (Wildman–Crippen LogP) is 2.92. The molecule has 0 saturated heterocycles. The summed E-state index contributed by atoms with van der Waals surface area (Å²) in [5, 5.41) is 5.61. The van der Waals surface area contributed by atoms with Crippen LogP contribution in [0.4, 0.5) is 5.69 Å². The van der Waals surface area contributed by atoms with Gasteiger partial charge in [-0.25, -0.2) is 0 Å². The molecule has 0 spiro atoms. The Bertz CT molecular complexity index is 811. The van der Waals surface area contributed by atoms with E-state index >= 15 is 0 Å². The van der Waals surface area contributed by atoms with Crippen molar-refractivity contribution in [3.63, 3.8) is 0 Å². The van der Waals surface area contributed by atoms with Gasteiger partial charge in [0, 0.05) is 17.8 Å². The Morgan fingerprint density at radius 3 is 2.32 bits per heavy atom. The fourth-order valence-corrected chi connectivity index (χ4v) is 2.70. The van der Waals surface area contributed by atoms with E-state index in [2.05, 4.69) is 10.6 Å². The molecule has 0 aliphatic heterocycles. The molecule has 2 amide bonds. The molecular formula is C20H20N2O3. The van der Waals surface area contributed by atoms with E-state index in [-0.39, 0.29) is 17.6 Å². The van der Waals surface area contributed by atoms with Gasteiger partial charge >= 0.3 is 0 Å². The molecule has 2 aromatic carbocycles. The molecule has 0 radical (unpaired) electrons. The van der Waals surface area contributed by atoms with Gasteiger partial charge in [0.05, 0.1) is 0 Å². The third-order valence-corrected chi connectivity index (χ3v) is 4.44. The van der Waals surface area contributed by atoms with Crippen LogP contribution in [0.25, 0.3) is 0 Å². The molecule has 1 aliphatic carbocycles. The molecule has 0 heterocycles. The number of hydrogen-bond acceptors (Lipinski definition) is 3. The molecule has 2 N–H and O–H groups in total. The second-order valence-electron chi connectivity index (χ2n) is 6.34. The molecule has 0 atom stereocenters. The van der Waals surface area contributed by atoms with Gasteiger partial charge in [0.2, 0.25) is 11.8 Å². The SMILES string of the molecule is CC(=O)c1cccc(NC(=O)C2(C(=O)NCc3ccccc3)CC2)c1. The number of nitrogens with one attached hydrogen (secondary N) is 2. The fraction of sp³-hybridized carbons (Fsp3) is 0.250. The van der Waals surface area contributed by atoms with Crippen molar-refractivity contribution >= 4 is 23.3 Å². The Balaban J connectivity index is 1.64. The maximum atomic E-state index is 12.6. The lowest BCUT2D eigenvalue weighted by Crippen LogP contribution is -2.39. The topological polar surface area (TPSA) is 75.3 Å². The van der Waals surface area contributed by atoms with Crippen molar-refractivity contribution in [1.29, 1.82) is 0 Å². The van der Waals surface area contributed by atoms with E-state index in [9.17, 15) is 14.4 Å². The molecule has 0 unspecified atom stereocenters. The first-order valence-corrected chi connectivity index (χ1v) is 8.26. The third kappa shape index (κ3) is 3.76. The zero-order valence-corrected chi connectivity index (χ0v) is 14.0. The van der Waals surface area contributed by atoms with E-state index in [1.807, 2.05) is 30.3 Å². The number of amides is 2. The minimum atomic E-state index is -0.999. The van der Waals surface area contributed by atoms with Crippen molar-refractivity contribution in [2.45, 2.75) is 26.3 Å². The molecule has 0 bridgehead atoms. The Morgan fingerprint density at radius 2 is 1.68 bits per heavy atom. The summed E-state index contributed by atoms with van der Waals surface area (Å²) in [6.45, 7) is 1.87. The van der Waals surface area contributed by atoms with Crippen LogP contribution in [0.15, 0.2) is 54.6 Å². The quantitative estimate of drug-likeness (QED) is 0.629. The molecule has 1 saturated carbocycles. The van der Waals surface area contributed by atoms with E-state index in [1.54, 1.807) is 24.3 Å². The first-order valence-electron chi connectivity index (χ1n) is 8.26. The van der Waals surface area contributed by atoms with Crippen molar-refractivity contribution in [3.8, 4) is 0 Å². The lowest BCUT2D eigenvalue weighted by atomic mass is 10.0. The number of anilines is 1. The van der Waals surface area contributed by atoms with Crippen LogP contribution < -0.4 is 10.6 Å². The van der Waals surface area contributed by atoms with Gasteiger partial charge in [-0.3, -0.25) is 14.4 Å². The standard InChI is InChI=1S/C20H20N2O3/c1-14(23)16-8-5-9-17(12-16)22-19(25)20(10-11-20)18(24)21-13-15-6-3-2-4-7-15/h2-9,12H,10-11,13H2,1H3,(H,21,24)(H,22,25). The minimum absolute atomic E-state index is 0.0714. The summed E-state index contributed by atoms with van der Waals surface area (Å²) in [5.74, 6) is -0.645. The number of carbonyl (C=O) groups is 3. The highest BCUT2D eigenvalue weighted by Crippen LogP contribution is 2.46. The van der Waals surface area contributed by atoms with E-state index in [0.29, 0.717) is 30.6 Å². The van der Waals surface area contributed by atoms with Crippen LogP contribution >= 0.6 is 0 Å². The average molecular weight is 336 g/mol. The van der Waals surface area contributed by atoms with Gasteiger partial charge in [0.1, 0.15) is 5.41 Å². The molecule has 5 heteroatoms. The van der Waals surface area contributed by atoms with Gasteiger partial charge in [-0.05, 0) is 37.5 Å². The second-order valence-corrected chi connectivity index (χ2v) is 6.34. The second kappa shape index (κ2) is 6.89. The Morgan fingerprint density at radius 1 is 0.960 bits per heavy atom. The highest BCUT2D eigenvalue weighted by Gasteiger charge is 2.56. The van der Waals surface area contributed by atoms with Gasteiger partial charge in [-0.1, -0.05) is 42.5 Å². The summed E-state index contributed by atoms with van der Waals surface area (Å²) in [7, 11) is 0. The maximum absolute atomic E-state index is 12.6. The van der Waals surface area contributed by atoms with E-state index in [4.69, 9.17) is 0 Å². The summed E-state index contributed by atoms with van der Waals surface area (Å²) in [5.41, 5.74) is 1.04. The van der Waals surface area contributed by atoms with Crippen LogP contribution in [0.3, 0.4) is 0 Å². The zero-order valence-electron chi connectivity index (χ0n) is 14.0. The first kappa shape index (κ1) is 16.9. The highest BCUT2D eigenvalue weighted by atomic mass is 16.2. The number of hydrogen-bond donors (Lipinski definition) is 2. The van der Waals surface area contributed by atoms with Crippen LogP contribution in [0.2, 0.25) is 0 Å². The molecule has 128 valence electrons. The van der Waals surface area contributed by atoms with E-state index in [1.165, 1.54) is 6.92 Å². The highest BCUT2D eigenvalue weighted by molar-refractivity contribution is 6.13. The van der Waals surface area contributed by atoms with Crippen LogP contribution in [-0.2, 0) is 16.1 Å². The number of ketones is 1. The Hall–Kier alpha value is -2.95. The molecule has 1 aliphatic rings. The summed E-state index contributed by atoms with van der Waals surface area (Å²) >= 11 is 0. The van der Waals surface area contributed by atoms with E-state index < -0.39 is 5.41 Å². The summed E-state index contributed by atoms with van der Waals surface area (Å²) < 4.78 is 0. The first-order chi connectivity index (χ1) is 12.0. The van der Waals surface area contributed by atoms with Gasteiger partial charge < -0.3 is 10.6 Å². The minimum Gasteiger partial charge on any atom is -0.351 e. The van der Waals surface area contributed by atoms with Crippen LogP contribution in [-0.4, -0.2) is 17.6 Å². The third-order valence-electron chi connectivity index (χ3n) is 4.44. The van der Waals surface area contributed by atoms with Gasteiger partial charge in [-0.15, -0.1) is 0 Å². The number of rotatable bonds is 6. The molecule has 3 rings (SSSR count).